The molecule has 0 fully saturated rings. The summed E-state index contributed by atoms with van der Waals surface area (Å²) in [6, 6.07) is 0. The van der Waals surface area contributed by atoms with E-state index >= 15 is 0 Å². The van der Waals surface area contributed by atoms with E-state index in [-0.39, 0.29) is 26.2 Å². The molecule has 1 N–H and O–H groups in total. The summed E-state index contributed by atoms with van der Waals surface area (Å²) in [7, 11) is 0. The van der Waals surface area contributed by atoms with Crippen molar-refractivity contribution in [3.8, 4) is 0 Å². The number of hydrogen-bond donors (Lipinski definition) is 1. The van der Waals surface area contributed by atoms with Crippen LogP contribution in [-0.4, -0.2) is 12.1 Å². The molecule has 0 aromatic rings. The van der Waals surface area contributed by atoms with Crippen molar-refractivity contribution in [1.29, 1.82) is 0 Å². The monoisotopic (exact) mass is 233 g/mol. The van der Waals surface area contributed by atoms with Gasteiger partial charge in [-0.15, -0.1) is 0 Å². The Morgan fingerprint density at radius 2 is 1.27 bits per heavy atom. The molecular weight excluding hydrogens is 213 g/mol. The summed E-state index contributed by atoms with van der Waals surface area (Å²) >= 11 is 0. The van der Waals surface area contributed by atoms with Crippen LogP contribution in [0.2, 0.25) is 0 Å². The molecule has 0 rings (SSSR count). The number of rotatable bonds is 5. The minimum atomic E-state index is 0. The van der Waals surface area contributed by atoms with Crippen molar-refractivity contribution in [3.05, 3.63) is 0 Å². The predicted octanol–water partition coefficient (Wildman–Crippen LogP) is 2.56. The molecule has 0 aliphatic rings. The van der Waals surface area contributed by atoms with Crippen LogP contribution in [-0.2, 0) is 26.2 Å². The maximum atomic E-state index is 3.55. The first-order valence-electron chi connectivity index (χ1n) is 4.49. The molecule has 0 unspecified atom stereocenters. The van der Waals surface area contributed by atoms with E-state index < -0.39 is 0 Å². The van der Waals surface area contributed by atoms with Gasteiger partial charge in [-0.1, -0.05) is 27.7 Å². The molecule has 66 valence electrons. The average Bonchev–Trinajstić information content (AvgIpc) is 2.01. The summed E-state index contributed by atoms with van der Waals surface area (Å²) in [5, 5.41) is 3.55. The molecule has 0 aliphatic carbocycles. The van der Waals surface area contributed by atoms with Crippen LogP contribution >= 0.6 is 0 Å². The predicted molar refractivity (Wildman–Crippen MR) is 47.3 cm³/mol. The van der Waals surface area contributed by atoms with Crippen LogP contribution in [0.4, 0.5) is 0 Å². The minimum absolute atomic E-state index is 0. The third-order valence-corrected chi connectivity index (χ3v) is 2.58. The Hall–Kier alpha value is 0.843. The third-order valence-electron chi connectivity index (χ3n) is 2.58. The third kappa shape index (κ3) is 4.42. The molecule has 0 aliphatic heterocycles. The number of nitrogens with one attached hydrogen (secondary N) is 1. The molecule has 0 spiro atoms. The van der Waals surface area contributed by atoms with E-state index in [0.717, 1.165) is 6.54 Å². The second-order valence-corrected chi connectivity index (χ2v) is 2.87. The van der Waals surface area contributed by atoms with Gasteiger partial charge in [0.15, 0.2) is 0 Å². The van der Waals surface area contributed by atoms with Crippen LogP contribution in [0.25, 0.3) is 0 Å². The van der Waals surface area contributed by atoms with E-state index in [1.165, 1.54) is 19.3 Å². The van der Waals surface area contributed by atoms with Gasteiger partial charge in [0.2, 0.25) is 0 Å². The fourth-order valence-electron chi connectivity index (χ4n) is 1.50. The van der Waals surface area contributed by atoms with Crippen LogP contribution in [0.15, 0.2) is 0 Å². The van der Waals surface area contributed by atoms with E-state index in [0.29, 0.717) is 5.54 Å². The van der Waals surface area contributed by atoms with Crippen LogP contribution in [0, 0.1) is 0 Å². The van der Waals surface area contributed by atoms with Crippen LogP contribution in [0.5, 0.6) is 0 Å². The zero-order valence-electron chi connectivity index (χ0n) is 8.33. The molecule has 0 aromatic carbocycles. The summed E-state index contributed by atoms with van der Waals surface area (Å²) in [6.45, 7) is 10.0. The second-order valence-electron chi connectivity index (χ2n) is 2.87. The van der Waals surface area contributed by atoms with E-state index in [9.17, 15) is 0 Å². The zero-order chi connectivity index (χ0) is 8.04. The van der Waals surface area contributed by atoms with E-state index in [1.54, 1.807) is 0 Å². The molecule has 0 atom stereocenters. The smallest absolute Gasteiger partial charge is 0.0173 e. The van der Waals surface area contributed by atoms with Gasteiger partial charge in [-0.25, -0.2) is 0 Å². The molecule has 0 heterocycles. The van der Waals surface area contributed by atoms with Crippen LogP contribution in [0.3, 0.4) is 0 Å². The molecule has 11 heavy (non-hydrogen) atoms. The first-order chi connectivity index (χ1) is 4.74. The fraction of sp³-hybridized carbons (Fsp3) is 1.00. The van der Waals surface area contributed by atoms with Crippen molar-refractivity contribution in [2.75, 3.05) is 6.54 Å². The van der Waals surface area contributed by atoms with Gasteiger partial charge in [0.25, 0.3) is 0 Å². The molecule has 0 saturated carbocycles. The van der Waals surface area contributed by atoms with Crippen molar-refractivity contribution in [1.82, 2.24) is 5.32 Å². The van der Waals surface area contributed by atoms with Crippen molar-refractivity contribution in [3.63, 3.8) is 0 Å². The van der Waals surface area contributed by atoms with Gasteiger partial charge in [-0.3, -0.25) is 0 Å². The Morgan fingerprint density at radius 3 is 1.36 bits per heavy atom. The summed E-state index contributed by atoms with van der Waals surface area (Å²) < 4.78 is 0. The SMILES string of the molecule is CCNC(CC)(CC)CC.[Zr]. The topological polar surface area (TPSA) is 12.0 Å². The van der Waals surface area contributed by atoms with Crippen LogP contribution in [0.1, 0.15) is 47.0 Å². The van der Waals surface area contributed by atoms with Crippen molar-refractivity contribution in [2.45, 2.75) is 52.5 Å². The van der Waals surface area contributed by atoms with Gasteiger partial charge < -0.3 is 5.32 Å². The Bertz CT molecular complexity index is 71.4. The molecule has 0 amide bonds. The Labute approximate surface area is 90.5 Å². The van der Waals surface area contributed by atoms with Gasteiger partial charge in [-0.2, -0.15) is 0 Å². The molecule has 0 radical (unpaired) electrons. The van der Waals surface area contributed by atoms with E-state index in [4.69, 9.17) is 0 Å². The van der Waals surface area contributed by atoms with E-state index in [1.807, 2.05) is 0 Å². The minimum Gasteiger partial charge on any atom is -0.312 e. The molecule has 0 aromatic heterocycles. The first kappa shape index (κ1) is 14.4. The Kier molecular flexibility index (Phi) is 9.79. The van der Waals surface area contributed by atoms with Crippen molar-refractivity contribution >= 4 is 0 Å². The largest absolute Gasteiger partial charge is 0.312 e. The van der Waals surface area contributed by atoms with Gasteiger partial charge in [0.1, 0.15) is 0 Å². The summed E-state index contributed by atoms with van der Waals surface area (Å²) in [4.78, 5) is 0. The second kappa shape index (κ2) is 7.49. The van der Waals surface area contributed by atoms with Gasteiger partial charge in [-0.05, 0) is 25.8 Å². The molecule has 0 bridgehead atoms. The van der Waals surface area contributed by atoms with Crippen molar-refractivity contribution < 1.29 is 26.2 Å². The van der Waals surface area contributed by atoms with E-state index in [2.05, 4.69) is 33.0 Å². The average molecular weight is 234 g/mol. The standard InChI is InChI=1S/C9H21N.Zr/c1-5-9(6-2,7-3)10-8-4;/h10H,5-8H2,1-4H3;. The maximum absolute atomic E-state index is 3.55. The van der Waals surface area contributed by atoms with Crippen molar-refractivity contribution in [2.24, 2.45) is 0 Å². The fourth-order valence-corrected chi connectivity index (χ4v) is 1.50. The quantitative estimate of drug-likeness (QED) is 0.771. The van der Waals surface area contributed by atoms with Gasteiger partial charge >= 0.3 is 0 Å². The molecular formula is C9H21NZr. The summed E-state index contributed by atoms with van der Waals surface area (Å²) in [5.41, 5.74) is 0.425. The Morgan fingerprint density at radius 1 is 0.909 bits per heavy atom. The summed E-state index contributed by atoms with van der Waals surface area (Å²) in [5.74, 6) is 0. The molecule has 1 nitrogen and oxygen atoms in total. The van der Waals surface area contributed by atoms with Crippen LogP contribution < -0.4 is 5.32 Å². The maximum Gasteiger partial charge on any atom is 0.0173 e. The normalized spacial score (nSPS) is 10.9. The zero-order valence-corrected chi connectivity index (χ0v) is 10.8. The van der Waals surface area contributed by atoms with Gasteiger partial charge in [0, 0.05) is 31.7 Å². The molecule has 0 saturated heterocycles. The first-order valence-corrected chi connectivity index (χ1v) is 4.49. The Balaban J connectivity index is 0. The summed E-state index contributed by atoms with van der Waals surface area (Å²) in [6.07, 6.45) is 3.73. The van der Waals surface area contributed by atoms with Gasteiger partial charge in [0.05, 0.1) is 0 Å². The number of hydrogen-bond acceptors (Lipinski definition) is 1. The molecule has 2 heteroatoms.